The fraction of sp³-hybridized carbons (Fsp3) is 0.389. The summed E-state index contributed by atoms with van der Waals surface area (Å²) in [5.41, 5.74) is 0.360. The van der Waals surface area contributed by atoms with Gasteiger partial charge in [0.2, 0.25) is 10.0 Å². The van der Waals surface area contributed by atoms with Crippen molar-refractivity contribution in [3.05, 3.63) is 41.9 Å². The van der Waals surface area contributed by atoms with E-state index in [-0.39, 0.29) is 24.0 Å². The fourth-order valence-corrected chi connectivity index (χ4v) is 4.27. The smallest absolute Gasteiger partial charge is 0.262 e. The maximum Gasteiger partial charge on any atom is 0.262 e. The Morgan fingerprint density at radius 3 is 2.77 bits per heavy atom. The summed E-state index contributed by atoms with van der Waals surface area (Å²) in [6.45, 7) is 2.24. The van der Waals surface area contributed by atoms with Gasteiger partial charge < -0.3 is 14.5 Å². The average Bonchev–Trinajstić information content (AvgIpc) is 3.15. The second-order valence-corrected chi connectivity index (χ2v) is 8.92. The predicted octanol–water partition coefficient (Wildman–Crippen LogP) is 2.55. The van der Waals surface area contributed by atoms with E-state index in [1.165, 1.54) is 23.5 Å². The summed E-state index contributed by atoms with van der Waals surface area (Å²) in [6.07, 6.45) is 1.12. The van der Waals surface area contributed by atoms with Gasteiger partial charge in [0.15, 0.2) is 6.61 Å². The van der Waals surface area contributed by atoms with Gasteiger partial charge in [-0.15, -0.1) is 0 Å². The highest BCUT2D eigenvalue weighted by molar-refractivity contribution is 7.89. The Morgan fingerprint density at radius 1 is 1.27 bits per heavy atom. The molecule has 26 heavy (non-hydrogen) atoms. The number of nitrogens with zero attached hydrogens (tertiary/aromatic N) is 1. The summed E-state index contributed by atoms with van der Waals surface area (Å²) >= 11 is 0. The average molecular weight is 376 g/mol. The maximum atomic E-state index is 12.8. The molecular weight excluding hydrogens is 356 g/mol. The monoisotopic (exact) mass is 376 g/mol. The molecule has 1 aliphatic heterocycles. The number of benzene rings is 1. The molecule has 2 heterocycles. The lowest BCUT2D eigenvalue weighted by Crippen LogP contribution is -2.28. The van der Waals surface area contributed by atoms with Crippen molar-refractivity contribution in [2.45, 2.75) is 30.7 Å². The van der Waals surface area contributed by atoms with Crippen LogP contribution in [0.5, 0.6) is 5.75 Å². The molecule has 0 unspecified atom stereocenters. The van der Waals surface area contributed by atoms with Crippen LogP contribution >= 0.6 is 0 Å². The molecule has 2 aromatic rings. The molecule has 1 amide bonds. The summed E-state index contributed by atoms with van der Waals surface area (Å²) in [4.78, 5) is 11.5. The second kappa shape index (κ2) is 6.14. The number of sulfonamides is 1. The minimum Gasteiger partial charge on any atom is -0.482 e. The molecule has 2 atom stereocenters. The highest BCUT2D eigenvalue weighted by Gasteiger charge is 2.36. The van der Waals surface area contributed by atoms with Crippen LogP contribution in [0.1, 0.15) is 30.8 Å². The zero-order valence-corrected chi connectivity index (χ0v) is 15.4. The van der Waals surface area contributed by atoms with Crippen LogP contribution in [0.3, 0.4) is 0 Å². The number of carbonyl (C=O) groups is 1. The minimum absolute atomic E-state index is 0.0700. The zero-order valence-electron chi connectivity index (χ0n) is 14.6. The van der Waals surface area contributed by atoms with Crippen LogP contribution in [0.25, 0.3) is 0 Å². The lowest BCUT2D eigenvalue weighted by molar-refractivity contribution is -0.118. The van der Waals surface area contributed by atoms with Crippen LogP contribution in [0.4, 0.5) is 5.69 Å². The first-order chi connectivity index (χ1) is 12.3. The van der Waals surface area contributed by atoms with Crippen LogP contribution in [-0.4, -0.2) is 32.3 Å². The largest absolute Gasteiger partial charge is 0.482 e. The molecule has 8 heteroatoms. The molecule has 0 bridgehead atoms. The molecule has 0 saturated heterocycles. The number of amides is 1. The Labute approximate surface area is 152 Å². The van der Waals surface area contributed by atoms with Crippen LogP contribution in [-0.2, 0) is 21.4 Å². The summed E-state index contributed by atoms with van der Waals surface area (Å²) < 4.78 is 38.0. The van der Waals surface area contributed by atoms with Crippen molar-refractivity contribution in [1.29, 1.82) is 0 Å². The normalized spacial score (nSPS) is 21.9. The van der Waals surface area contributed by atoms with Gasteiger partial charge in [-0.1, -0.05) is 6.92 Å². The molecule has 1 aliphatic carbocycles. The Balaban J connectivity index is 1.53. The van der Waals surface area contributed by atoms with Crippen molar-refractivity contribution >= 4 is 21.6 Å². The summed E-state index contributed by atoms with van der Waals surface area (Å²) in [6, 6.07) is 8.19. The Kier molecular flexibility index (Phi) is 4.04. The highest BCUT2D eigenvalue weighted by Crippen LogP contribution is 2.47. The van der Waals surface area contributed by atoms with E-state index in [9.17, 15) is 13.2 Å². The molecule has 1 aromatic heterocycles. The van der Waals surface area contributed by atoms with E-state index in [0.29, 0.717) is 29.0 Å². The second-order valence-electron chi connectivity index (χ2n) is 6.88. The molecule has 1 N–H and O–H groups in total. The molecule has 1 fully saturated rings. The van der Waals surface area contributed by atoms with Crippen LogP contribution in [0, 0.1) is 5.92 Å². The standard InChI is InChI=1S/C18H20N2O5S/c1-11-7-14(11)16-5-3-12(25-16)9-20(2)26(22,23)13-4-6-17-15(8-13)19-18(21)10-24-17/h3-6,8,11,14H,7,9-10H2,1-2H3,(H,19,21)/t11-,14+/m0/s1. The Bertz CT molecular complexity index is 966. The van der Waals surface area contributed by atoms with E-state index in [1.807, 2.05) is 12.1 Å². The molecule has 1 saturated carbocycles. The first kappa shape index (κ1) is 17.1. The van der Waals surface area contributed by atoms with Gasteiger partial charge in [0.05, 0.1) is 17.1 Å². The fourth-order valence-electron chi connectivity index (χ4n) is 3.10. The number of carbonyl (C=O) groups excluding carboxylic acids is 1. The first-order valence-electron chi connectivity index (χ1n) is 8.46. The number of nitrogens with one attached hydrogen (secondary N) is 1. The van der Waals surface area contributed by atoms with E-state index < -0.39 is 10.0 Å². The van der Waals surface area contributed by atoms with Crippen LogP contribution in [0.2, 0.25) is 0 Å². The van der Waals surface area contributed by atoms with E-state index in [4.69, 9.17) is 9.15 Å². The topological polar surface area (TPSA) is 88.9 Å². The number of fused-ring (bicyclic) bond motifs is 1. The van der Waals surface area contributed by atoms with E-state index in [0.717, 1.165) is 12.2 Å². The van der Waals surface area contributed by atoms with Crippen molar-refractivity contribution < 1.29 is 22.4 Å². The van der Waals surface area contributed by atoms with Gasteiger partial charge >= 0.3 is 0 Å². The minimum atomic E-state index is -3.73. The molecule has 0 spiro atoms. The van der Waals surface area contributed by atoms with Crippen LogP contribution < -0.4 is 10.1 Å². The van der Waals surface area contributed by atoms with Crippen molar-refractivity contribution in [2.24, 2.45) is 5.92 Å². The van der Waals surface area contributed by atoms with Crippen molar-refractivity contribution in [1.82, 2.24) is 4.31 Å². The first-order valence-corrected chi connectivity index (χ1v) is 9.90. The summed E-state index contributed by atoms with van der Waals surface area (Å²) in [5, 5.41) is 2.62. The molecule has 1 aromatic carbocycles. The van der Waals surface area contributed by atoms with Gasteiger partial charge in [-0.25, -0.2) is 8.42 Å². The number of hydrogen-bond acceptors (Lipinski definition) is 5. The van der Waals surface area contributed by atoms with Gasteiger partial charge in [0, 0.05) is 13.0 Å². The number of hydrogen-bond donors (Lipinski definition) is 1. The lowest BCUT2D eigenvalue weighted by atomic mass is 10.2. The van der Waals surface area contributed by atoms with E-state index in [2.05, 4.69) is 12.2 Å². The maximum absolute atomic E-state index is 12.8. The summed E-state index contributed by atoms with van der Waals surface area (Å²) in [5.74, 6) is 2.77. The SMILES string of the molecule is C[C@H]1C[C@H]1c1ccc(CN(C)S(=O)(=O)c2ccc3c(c2)NC(=O)CO3)o1. The molecular formula is C18H20N2O5S. The van der Waals surface area contributed by atoms with E-state index in [1.54, 1.807) is 6.07 Å². The number of rotatable bonds is 5. The van der Waals surface area contributed by atoms with Crippen LogP contribution in [0.15, 0.2) is 39.6 Å². The Hall–Kier alpha value is -2.32. The molecule has 2 aliphatic rings. The highest BCUT2D eigenvalue weighted by atomic mass is 32.2. The van der Waals surface area contributed by atoms with Gasteiger partial charge in [0.1, 0.15) is 17.3 Å². The third-order valence-corrected chi connectivity index (χ3v) is 6.63. The van der Waals surface area contributed by atoms with Crippen molar-refractivity contribution in [2.75, 3.05) is 19.0 Å². The molecule has 7 nitrogen and oxygen atoms in total. The van der Waals surface area contributed by atoms with E-state index >= 15 is 0 Å². The molecule has 138 valence electrons. The van der Waals surface area contributed by atoms with Gasteiger partial charge in [0.25, 0.3) is 5.91 Å². The van der Waals surface area contributed by atoms with Crippen molar-refractivity contribution in [3.8, 4) is 5.75 Å². The lowest BCUT2D eigenvalue weighted by Gasteiger charge is -2.20. The van der Waals surface area contributed by atoms with Gasteiger partial charge in [-0.3, -0.25) is 4.79 Å². The predicted molar refractivity (Wildman–Crippen MR) is 94.4 cm³/mol. The molecule has 0 radical (unpaired) electrons. The molecule has 4 rings (SSSR count). The van der Waals surface area contributed by atoms with Crippen molar-refractivity contribution in [3.63, 3.8) is 0 Å². The number of ether oxygens (including phenoxy) is 1. The third-order valence-electron chi connectivity index (χ3n) is 4.83. The van der Waals surface area contributed by atoms with Gasteiger partial charge in [-0.05, 0) is 42.7 Å². The summed E-state index contributed by atoms with van der Waals surface area (Å²) in [7, 11) is -2.22. The van der Waals surface area contributed by atoms with Gasteiger partial charge in [-0.2, -0.15) is 4.31 Å². The quantitative estimate of drug-likeness (QED) is 0.866. The number of furan rings is 1. The zero-order chi connectivity index (χ0) is 18.5. The Morgan fingerprint density at radius 2 is 2.04 bits per heavy atom. The number of anilines is 1. The third kappa shape index (κ3) is 3.10.